The summed E-state index contributed by atoms with van der Waals surface area (Å²) in [4.78, 5) is 27.0. The molecule has 5 nitrogen and oxygen atoms in total. The van der Waals surface area contributed by atoms with Crippen LogP contribution in [0.4, 0.5) is 0 Å². The van der Waals surface area contributed by atoms with E-state index in [-0.39, 0.29) is 5.91 Å². The van der Waals surface area contributed by atoms with Crippen LogP contribution in [0.5, 0.6) is 0 Å². The maximum Gasteiger partial charge on any atom is 0.320 e. The van der Waals surface area contributed by atoms with Gasteiger partial charge in [-0.1, -0.05) is 17.7 Å². The van der Waals surface area contributed by atoms with Gasteiger partial charge in [0.15, 0.2) is 0 Å². The predicted octanol–water partition coefficient (Wildman–Crippen LogP) is 2.33. The third-order valence-electron chi connectivity index (χ3n) is 3.69. The number of benzene rings is 1. The quantitative estimate of drug-likeness (QED) is 0.881. The van der Waals surface area contributed by atoms with E-state index in [1.807, 2.05) is 4.90 Å². The summed E-state index contributed by atoms with van der Waals surface area (Å²) < 4.78 is 0.688. The Morgan fingerprint density at radius 1 is 1.29 bits per heavy atom. The number of piperazine rings is 1. The van der Waals surface area contributed by atoms with Gasteiger partial charge < -0.3 is 10.0 Å². The first-order chi connectivity index (χ1) is 9.91. The van der Waals surface area contributed by atoms with Gasteiger partial charge in [0.2, 0.25) is 0 Å². The highest BCUT2D eigenvalue weighted by molar-refractivity contribution is 9.10. The van der Waals surface area contributed by atoms with Crippen LogP contribution in [0.1, 0.15) is 17.3 Å². The molecule has 0 radical (unpaired) electrons. The molecule has 21 heavy (non-hydrogen) atoms. The molecule has 0 saturated carbocycles. The van der Waals surface area contributed by atoms with E-state index in [1.165, 1.54) is 0 Å². The first kappa shape index (κ1) is 16.3. The van der Waals surface area contributed by atoms with Crippen molar-refractivity contribution in [2.45, 2.75) is 13.0 Å². The standard InChI is InChI=1S/C14H16BrClN2O3/c1-9(14(20)21)17-5-7-18(8-6-17)13(19)10-3-2-4-11(15)12(10)16/h2-4,9H,5-8H2,1H3,(H,20,21). The molecule has 1 heterocycles. The van der Waals surface area contributed by atoms with Gasteiger partial charge in [0, 0.05) is 30.7 Å². The normalized spacial score (nSPS) is 17.6. The van der Waals surface area contributed by atoms with Crippen molar-refractivity contribution in [1.82, 2.24) is 9.80 Å². The Morgan fingerprint density at radius 2 is 1.90 bits per heavy atom. The Bertz CT molecular complexity index is 559. The number of hydrogen-bond acceptors (Lipinski definition) is 3. The van der Waals surface area contributed by atoms with Crippen molar-refractivity contribution in [3.05, 3.63) is 33.3 Å². The number of carbonyl (C=O) groups is 2. The van der Waals surface area contributed by atoms with Crippen molar-refractivity contribution >= 4 is 39.4 Å². The minimum absolute atomic E-state index is 0.121. The van der Waals surface area contributed by atoms with Gasteiger partial charge in [-0.3, -0.25) is 14.5 Å². The second-order valence-electron chi connectivity index (χ2n) is 4.94. The third kappa shape index (κ3) is 3.56. The van der Waals surface area contributed by atoms with Gasteiger partial charge in [-0.05, 0) is 35.0 Å². The number of carbonyl (C=O) groups excluding carboxylic acids is 1. The Morgan fingerprint density at radius 3 is 2.48 bits per heavy atom. The summed E-state index contributed by atoms with van der Waals surface area (Å²) in [6.45, 7) is 3.75. The van der Waals surface area contributed by atoms with Crippen LogP contribution in [0.3, 0.4) is 0 Å². The molecule has 114 valence electrons. The lowest BCUT2D eigenvalue weighted by Gasteiger charge is -2.36. The number of amides is 1. The van der Waals surface area contributed by atoms with Gasteiger partial charge in [-0.15, -0.1) is 0 Å². The minimum atomic E-state index is -0.843. The Hall–Kier alpha value is -1.11. The van der Waals surface area contributed by atoms with Crippen LogP contribution in [-0.2, 0) is 4.79 Å². The van der Waals surface area contributed by atoms with E-state index in [1.54, 1.807) is 30.0 Å². The predicted molar refractivity (Wildman–Crippen MR) is 83.7 cm³/mol. The lowest BCUT2D eigenvalue weighted by molar-refractivity contribution is -0.143. The van der Waals surface area contributed by atoms with Crippen LogP contribution in [0, 0.1) is 0 Å². The molecule has 1 amide bonds. The van der Waals surface area contributed by atoms with E-state index in [0.29, 0.717) is 41.2 Å². The summed E-state index contributed by atoms with van der Waals surface area (Å²) in [6, 6.07) is 4.72. The molecule has 1 unspecified atom stereocenters. The summed E-state index contributed by atoms with van der Waals surface area (Å²) >= 11 is 9.45. The van der Waals surface area contributed by atoms with E-state index in [2.05, 4.69) is 15.9 Å². The molecule has 1 N–H and O–H groups in total. The van der Waals surface area contributed by atoms with Gasteiger partial charge in [0.05, 0.1) is 10.6 Å². The summed E-state index contributed by atoms with van der Waals surface area (Å²) in [5, 5.41) is 9.42. The molecule has 0 aliphatic carbocycles. The fourth-order valence-corrected chi connectivity index (χ4v) is 2.88. The molecular weight excluding hydrogens is 360 g/mol. The van der Waals surface area contributed by atoms with Crippen LogP contribution < -0.4 is 0 Å². The van der Waals surface area contributed by atoms with Crippen molar-refractivity contribution in [2.75, 3.05) is 26.2 Å². The van der Waals surface area contributed by atoms with Gasteiger partial charge in [-0.2, -0.15) is 0 Å². The fourth-order valence-electron chi connectivity index (χ4n) is 2.31. The van der Waals surface area contributed by atoms with E-state index in [9.17, 15) is 9.59 Å². The smallest absolute Gasteiger partial charge is 0.320 e. The molecular formula is C14H16BrClN2O3. The highest BCUT2D eigenvalue weighted by atomic mass is 79.9. The van der Waals surface area contributed by atoms with Gasteiger partial charge in [0.25, 0.3) is 5.91 Å². The Balaban J connectivity index is 2.04. The number of halogens is 2. The second-order valence-corrected chi connectivity index (χ2v) is 6.18. The monoisotopic (exact) mass is 374 g/mol. The number of aliphatic carboxylic acids is 1. The minimum Gasteiger partial charge on any atom is -0.480 e. The van der Waals surface area contributed by atoms with E-state index in [4.69, 9.17) is 16.7 Å². The van der Waals surface area contributed by atoms with Crippen LogP contribution >= 0.6 is 27.5 Å². The fraction of sp³-hybridized carbons (Fsp3) is 0.429. The summed E-state index contributed by atoms with van der Waals surface area (Å²) in [7, 11) is 0. The average Bonchev–Trinajstić information content (AvgIpc) is 2.48. The Kier molecular flexibility index (Phi) is 5.24. The van der Waals surface area contributed by atoms with E-state index >= 15 is 0 Å². The maximum absolute atomic E-state index is 12.5. The van der Waals surface area contributed by atoms with Crippen LogP contribution in [0.25, 0.3) is 0 Å². The zero-order chi connectivity index (χ0) is 15.6. The lowest BCUT2D eigenvalue weighted by atomic mass is 10.1. The summed E-state index contributed by atoms with van der Waals surface area (Å²) in [5.41, 5.74) is 0.464. The van der Waals surface area contributed by atoms with Crippen molar-refractivity contribution in [3.8, 4) is 0 Å². The Labute approximate surface area is 136 Å². The highest BCUT2D eigenvalue weighted by Crippen LogP contribution is 2.27. The molecule has 1 saturated heterocycles. The van der Waals surface area contributed by atoms with Crippen molar-refractivity contribution < 1.29 is 14.7 Å². The lowest BCUT2D eigenvalue weighted by Crippen LogP contribution is -2.53. The molecule has 0 bridgehead atoms. The summed E-state index contributed by atoms with van der Waals surface area (Å²) in [5.74, 6) is -0.964. The third-order valence-corrected chi connectivity index (χ3v) is 4.98. The van der Waals surface area contributed by atoms with Crippen molar-refractivity contribution in [3.63, 3.8) is 0 Å². The second kappa shape index (κ2) is 6.77. The maximum atomic E-state index is 12.5. The van der Waals surface area contributed by atoms with E-state index < -0.39 is 12.0 Å². The van der Waals surface area contributed by atoms with Gasteiger partial charge in [0.1, 0.15) is 6.04 Å². The molecule has 1 aromatic carbocycles. The highest BCUT2D eigenvalue weighted by Gasteiger charge is 2.28. The number of hydrogen-bond donors (Lipinski definition) is 1. The molecule has 7 heteroatoms. The zero-order valence-corrected chi connectivity index (χ0v) is 13.9. The van der Waals surface area contributed by atoms with E-state index in [0.717, 1.165) is 0 Å². The number of rotatable bonds is 3. The van der Waals surface area contributed by atoms with Crippen LogP contribution in [0.15, 0.2) is 22.7 Å². The number of carboxylic acids is 1. The molecule has 1 aliphatic heterocycles. The van der Waals surface area contributed by atoms with Crippen LogP contribution in [-0.4, -0.2) is 59.0 Å². The van der Waals surface area contributed by atoms with Crippen molar-refractivity contribution in [1.29, 1.82) is 0 Å². The molecule has 1 atom stereocenters. The SMILES string of the molecule is CC(C(=O)O)N1CCN(C(=O)c2cccc(Br)c2Cl)CC1. The van der Waals surface area contributed by atoms with Gasteiger partial charge in [-0.25, -0.2) is 0 Å². The first-order valence-electron chi connectivity index (χ1n) is 6.62. The molecule has 2 rings (SSSR count). The first-order valence-corrected chi connectivity index (χ1v) is 7.79. The summed E-state index contributed by atoms with van der Waals surface area (Å²) in [6.07, 6.45) is 0. The topological polar surface area (TPSA) is 60.9 Å². The molecule has 1 fully saturated rings. The number of nitrogens with zero attached hydrogens (tertiary/aromatic N) is 2. The molecule has 1 aromatic rings. The zero-order valence-electron chi connectivity index (χ0n) is 11.6. The van der Waals surface area contributed by atoms with Gasteiger partial charge >= 0.3 is 5.97 Å². The van der Waals surface area contributed by atoms with Crippen LogP contribution in [0.2, 0.25) is 5.02 Å². The molecule has 0 spiro atoms. The molecule has 1 aliphatic rings. The largest absolute Gasteiger partial charge is 0.480 e. The van der Waals surface area contributed by atoms with Crippen molar-refractivity contribution in [2.24, 2.45) is 0 Å². The molecule has 0 aromatic heterocycles. The average molecular weight is 376 g/mol. The number of carboxylic acid groups (broad SMARTS) is 1.